The quantitative estimate of drug-likeness (QED) is 0.900. The zero-order valence-corrected chi connectivity index (χ0v) is 12.9. The summed E-state index contributed by atoms with van der Waals surface area (Å²) < 4.78 is 10.6. The van der Waals surface area contributed by atoms with Crippen LogP contribution in [0.25, 0.3) is 0 Å². The number of ether oxygens (including phenoxy) is 2. The second kappa shape index (κ2) is 5.24. The molecule has 4 heteroatoms. The highest BCUT2D eigenvalue weighted by Gasteiger charge is 2.41. The van der Waals surface area contributed by atoms with E-state index in [2.05, 4.69) is 26.1 Å². The van der Waals surface area contributed by atoms with Gasteiger partial charge in [-0.2, -0.15) is 0 Å². The van der Waals surface area contributed by atoms with Crippen molar-refractivity contribution in [3.05, 3.63) is 18.2 Å². The molecule has 0 aromatic heterocycles. The molecule has 0 saturated heterocycles. The first-order valence-corrected chi connectivity index (χ1v) is 7.68. The molecule has 1 N–H and O–H groups in total. The van der Waals surface area contributed by atoms with Gasteiger partial charge in [-0.15, -0.1) is 0 Å². The number of nitrogens with one attached hydrogen (secondary N) is 1. The highest BCUT2D eigenvalue weighted by atomic mass is 16.7. The van der Waals surface area contributed by atoms with E-state index < -0.39 is 0 Å². The van der Waals surface area contributed by atoms with Crippen molar-refractivity contribution in [1.82, 2.24) is 0 Å². The van der Waals surface area contributed by atoms with E-state index in [1.807, 2.05) is 18.2 Å². The topological polar surface area (TPSA) is 47.6 Å². The Morgan fingerprint density at radius 2 is 2.05 bits per heavy atom. The van der Waals surface area contributed by atoms with Crippen LogP contribution in [0.4, 0.5) is 5.69 Å². The number of amides is 1. The normalized spacial score (nSPS) is 26.4. The smallest absolute Gasteiger partial charge is 0.231 e. The summed E-state index contributed by atoms with van der Waals surface area (Å²) in [5.74, 6) is 2.02. The van der Waals surface area contributed by atoms with Gasteiger partial charge in [0.25, 0.3) is 0 Å². The average Bonchev–Trinajstić information content (AvgIpc) is 2.84. The van der Waals surface area contributed by atoms with Crippen molar-refractivity contribution >= 4 is 11.6 Å². The van der Waals surface area contributed by atoms with Gasteiger partial charge in [0.15, 0.2) is 11.5 Å². The molecule has 1 fully saturated rings. The number of rotatable bonds is 2. The number of carbonyl (C=O) groups is 1. The molecular weight excluding hydrogens is 266 g/mol. The summed E-state index contributed by atoms with van der Waals surface area (Å²) in [5, 5.41) is 3.05. The van der Waals surface area contributed by atoms with Gasteiger partial charge >= 0.3 is 0 Å². The summed E-state index contributed by atoms with van der Waals surface area (Å²) in [6.45, 7) is 6.84. The van der Waals surface area contributed by atoms with Crippen LogP contribution in [-0.2, 0) is 4.79 Å². The molecule has 1 aromatic rings. The van der Waals surface area contributed by atoms with E-state index in [0.717, 1.165) is 24.3 Å². The van der Waals surface area contributed by atoms with Crippen molar-refractivity contribution in [3.8, 4) is 11.5 Å². The molecule has 1 aromatic carbocycles. The molecule has 0 spiro atoms. The van der Waals surface area contributed by atoms with Gasteiger partial charge < -0.3 is 14.8 Å². The molecular formula is C17H23NO3. The van der Waals surface area contributed by atoms with E-state index in [-0.39, 0.29) is 24.0 Å². The maximum Gasteiger partial charge on any atom is 0.231 e. The molecule has 1 heterocycles. The van der Waals surface area contributed by atoms with Crippen LogP contribution in [0.15, 0.2) is 18.2 Å². The van der Waals surface area contributed by atoms with Crippen molar-refractivity contribution in [2.24, 2.45) is 17.3 Å². The zero-order chi connectivity index (χ0) is 15.0. The van der Waals surface area contributed by atoms with Crippen molar-refractivity contribution in [1.29, 1.82) is 0 Å². The highest BCUT2D eigenvalue weighted by Crippen LogP contribution is 2.44. The van der Waals surface area contributed by atoms with Gasteiger partial charge in [0.05, 0.1) is 0 Å². The lowest BCUT2D eigenvalue weighted by Crippen LogP contribution is -2.42. The Balaban J connectivity index is 1.76. The molecule has 21 heavy (non-hydrogen) atoms. The summed E-state index contributed by atoms with van der Waals surface area (Å²) in [5.41, 5.74) is 0.829. The Morgan fingerprint density at radius 3 is 2.81 bits per heavy atom. The molecule has 1 aliphatic heterocycles. The summed E-state index contributed by atoms with van der Waals surface area (Å²) >= 11 is 0. The van der Waals surface area contributed by atoms with Crippen molar-refractivity contribution in [2.75, 3.05) is 12.1 Å². The molecule has 1 aliphatic carbocycles. The molecule has 0 unspecified atom stereocenters. The zero-order valence-electron chi connectivity index (χ0n) is 12.9. The molecule has 2 aliphatic rings. The van der Waals surface area contributed by atoms with Crippen LogP contribution in [0.3, 0.4) is 0 Å². The maximum absolute atomic E-state index is 12.7. The molecule has 1 amide bonds. The second-order valence-electron chi connectivity index (χ2n) is 6.89. The van der Waals surface area contributed by atoms with E-state index >= 15 is 0 Å². The molecule has 0 bridgehead atoms. The molecule has 114 valence electrons. The summed E-state index contributed by atoms with van der Waals surface area (Å²) in [6.07, 6.45) is 3.45. The Bertz CT molecular complexity index is 553. The predicted octanol–water partition coefficient (Wildman–Crippen LogP) is 3.82. The number of carbonyl (C=O) groups excluding carboxylic acids is 1. The van der Waals surface area contributed by atoms with Gasteiger partial charge in [-0.05, 0) is 36.3 Å². The molecule has 0 radical (unpaired) electrons. The van der Waals surface area contributed by atoms with Gasteiger partial charge in [-0.1, -0.05) is 27.2 Å². The SMILES string of the molecule is C[C@H]1CCCC(C)(C)[C@@H]1C(=O)Nc1ccc2c(c1)OCO2. The third-order valence-electron chi connectivity index (χ3n) is 4.81. The molecule has 4 nitrogen and oxygen atoms in total. The first-order chi connectivity index (χ1) is 9.97. The third kappa shape index (κ3) is 2.71. The van der Waals surface area contributed by atoms with E-state index in [4.69, 9.17) is 9.47 Å². The Morgan fingerprint density at radius 1 is 1.29 bits per heavy atom. The van der Waals surface area contributed by atoms with Crippen LogP contribution in [0.1, 0.15) is 40.0 Å². The third-order valence-corrected chi connectivity index (χ3v) is 4.81. The highest BCUT2D eigenvalue weighted by molar-refractivity contribution is 5.93. The lowest BCUT2D eigenvalue weighted by atomic mass is 9.64. The van der Waals surface area contributed by atoms with Crippen molar-refractivity contribution in [3.63, 3.8) is 0 Å². The van der Waals surface area contributed by atoms with E-state index in [1.54, 1.807) is 0 Å². The van der Waals surface area contributed by atoms with E-state index in [0.29, 0.717) is 11.7 Å². The molecule has 2 atom stereocenters. The Labute approximate surface area is 125 Å². The fourth-order valence-corrected chi connectivity index (χ4v) is 3.78. The first-order valence-electron chi connectivity index (χ1n) is 7.68. The van der Waals surface area contributed by atoms with Crippen LogP contribution in [0, 0.1) is 17.3 Å². The number of benzene rings is 1. The van der Waals surface area contributed by atoms with Gasteiger partial charge in [0.1, 0.15) is 0 Å². The van der Waals surface area contributed by atoms with Crippen molar-refractivity contribution in [2.45, 2.75) is 40.0 Å². The average molecular weight is 289 g/mol. The minimum absolute atomic E-state index is 0.0525. The second-order valence-corrected chi connectivity index (χ2v) is 6.89. The number of hydrogen-bond donors (Lipinski definition) is 1. The van der Waals surface area contributed by atoms with Crippen LogP contribution >= 0.6 is 0 Å². The lowest BCUT2D eigenvalue weighted by Gasteiger charge is -2.41. The van der Waals surface area contributed by atoms with Gasteiger partial charge in [0.2, 0.25) is 12.7 Å². The maximum atomic E-state index is 12.7. The standard InChI is InChI=1S/C17H23NO3/c1-11-5-4-8-17(2,3)15(11)16(19)18-12-6-7-13-14(9-12)21-10-20-13/h6-7,9,11,15H,4-5,8,10H2,1-3H3,(H,18,19)/t11-,15-/m0/s1. The molecule has 3 rings (SSSR count). The minimum atomic E-state index is 0.0525. The Hall–Kier alpha value is -1.71. The Kier molecular flexibility index (Phi) is 3.56. The predicted molar refractivity (Wildman–Crippen MR) is 81.5 cm³/mol. The minimum Gasteiger partial charge on any atom is -0.454 e. The van der Waals surface area contributed by atoms with E-state index in [9.17, 15) is 4.79 Å². The summed E-state index contributed by atoms with van der Waals surface area (Å²) in [7, 11) is 0. The van der Waals surface area contributed by atoms with Crippen LogP contribution in [0.2, 0.25) is 0 Å². The summed E-state index contributed by atoms with van der Waals surface area (Å²) in [4.78, 5) is 12.7. The lowest BCUT2D eigenvalue weighted by molar-refractivity contribution is -0.127. The van der Waals surface area contributed by atoms with E-state index in [1.165, 1.54) is 6.42 Å². The first kappa shape index (κ1) is 14.2. The number of anilines is 1. The fraction of sp³-hybridized carbons (Fsp3) is 0.588. The van der Waals surface area contributed by atoms with Crippen LogP contribution in [-0.4, -0.2) is 12.7 Å². The number of hydrogen-bond acceptors (Lipinski definition) is 3. The van der Waals surface area contributed by atoms with Crippen LogP contribution in [0.5, 0.6) is 11.5 Å². The van der Waals surface area contributed by atoms with Crippen molar-refractivity contribution < 1.29 is 14.3 Å². The van der Waals surface area contributed by atoms with Gasteiger partial charge in [-0.25, -0.2) is 0 Å². The monoisotopic (exact) mass is 289 g/mol. The van der Waals surface area contributed by atoms with Crippen LogP contribution < -0.4 is 14.8 Å². The summed E-state index contributed by atoms with van der Waals surface area (Å²) in [6, 6.07) is 5.54. The number of fused-ring (bicyclic) bond motifs is 1. The fourth-order valence-electron chi connectivity index (χ4n) is 3.78. The largest absolute Gasteiger partial charge is 0.454 e. The van der Waals surface area contributed by atoms with Gasteiger partial charge in [0, 0.05) is 17.7 Å². The molecule has 1 saturated carbocycles. The van der Waals surface area contributed by atoms with Gasteiger partial charge in [-0.3, -0.25) is 4.79 Å².